The number of ketones is 1. The number of hydrogen-bond acceptors (Lipinski definition) is 2. The minimum atomic E-state index is 0.254. The monoisotopic (exact) mass is 303 g/mol. The van der Waals surface area contributed by atoms with E-state index in [4.69, 9.17) is 0 Å². The summed E-state index contributed by atoms with van der Waals surface area (Å²) < 4.78 is 0. The zero-order valence-electron chi connectivity index (χ0n) is 13.6. The Morgan fingerprint density at radius 3 is 2.78 bits per heavy atom. The zero-order valence-corrected chi connectivity index (χ0v) is 13.6. The van der Waals surface area contributed by atoms with Crippen LogP contribution in [0.15, 0.2) is 60.8 Å². The van der Waals surface area contributed by atoms with Crippen molar-refractivity contribution < 1.29 is 4.79 Å². The number of rotatable bonds is 5. The topological polar surface area (TPSA) is 30.0 Å². The van der Waals surface area contributed by atoms with Crippen molar-refractivity contribution in [1.29, 1.82) is 0 Å². The highest BCUT2D eigenvalue weighted by atomic mass is 16.1. The van der Waals surface area contributed by atoms with Gasteiger partial charge in [0.25, 0.3) is 0 Å². The van der Waals surface area contributed by atoms with E-state index in [0.29, 0.717) is 12.8 Å². The largest absolute Gasteiger partial charge is 0.299 e. The average Bonchev–Trinajstić information content (AvgIpc) is 2.54. The summed E-state index contributed by atoms with van der Waals surface area (Å²) in [4.78, 5) is 16.7. The van der Waals surface area contributed by atoms with E-state index in [1.165, 1.54) is 11.1 Å². The summed E-state index contributed by atoms with van der Waals surface area (Å²) in [5.41, 5.74) is 4.51. The van der Waals surface area contributed by atoms with Crippen molar-refractivity contribution in [2.75, 3.05) is 0 Å². The highest BCUT2D eigenvalue weighted by molar-refractivity contribution is 5.84. The van der Waals surface area contributed by atoms with Gasteiger partial charge in [-0.1, -0.05) is 48.9 Å². The molecule has 0 amide bonds. The molecule has 116 valence electrons. The maximum absolute atomic E-state index is 12.4. The van der Waals surface area contributed by atoms with E-state index in [9.17, 15) is 4.79 Å². The second-order valence-corrected chi connectivity index (χ2v) is 6.27. The summed E-state index contributed by atoms with van der Waals surface area (Å²) in [6.45, 7) is 4.21. The molecule has 3 aromatic rings. The predicted molar refractivity (Wildman–Crippen MR) is 94.7 cm³/mol. The lowest BCUT2D eigenvalue weighted by atomic mass is 9.92. The minimum absolute atomic E-state index is 0.254. The second kappa shape index (κ2) is 6.74. The van der Waals surface area contributed by atoms with Crippen molar-refractivity contribution in [3.63, 3.8) is 0 Å². The molecule has 0 N–H and O–H groups in total. The summed E-state index contributed by atoms with van der Waals surface area (Å²) in [6, 6.07) is 18.4. The lowest BCUT2D eigenvalue weighted by Crippen LogP contribution is -2.07. The molecule has 1 unspecified atom stereocenters. The third kappa shape index (κ3) is 3.84. The van der Waals surface area contributed by atoms with E-state index in [-0.39, 0.29) is 11.7 Å². The molecule has 1 atom stereocenters. The Morgan fingerprint density at radius 1 is 1.09 bits per heavy atom. The van der Waals surface area contributed by atoms with Crippen LogP contribution in [0.4, 0.5) is 0 Å². The fraction of sp³-hybridized carbons (Fsp3) is 0.238. The Kier molecular flexibility index (Phi) is 4.52. The number of fused-ring (bicyclic) bond motifs is 1. The number of carbonyl (C=O) groups excluding carboxylic acids is 1. The molecular weight excluding hydrogens is 282 g/mol. The summed E-state index contributed by atoms with van der Waals surface area (Å²) in [5, 5.41) is 1.09. The third-order valence-electron chi connectivity index (χ3n) is 4.21. The van der Waals surface area contributed by atoms with Gasteiger partial charge in [-0.25, -0.2) is 0 Å². The van der Waals surface area contributed by atoms with E-state index in [1.54, 1.807) is 6.20 Å². The number of benzene rings is 2. The summed E-state index contributed by atoms with van der Waals surface area (Å²) >= 11 is 0. The molecule has 0 bridgehead atoms. The quantitative estimate of drug-likeness (QED) is 0.674. The Morgan fingerprint density at radius 2 is 1.96 bits per heavy atom. The highest BCUT2D eigenvalue weighted by Gasteiger charge is 2.12. The fourth-order valence-corrected chi connectivity index (χ4v) is 2.97. The van der Waals surface area contributed by atoms with E-state index in [1.807, 2.05) is 24.3 Å². The van der Waals surface area contributed by atoms with E-state index in [0.717, 1.165) is 16.5 Å². The van der Waals surface area contributed by atoms with Crippen LogP contribution in [0.1, 0.15) is 36.0 Å². The van der Waals surface area contributed by atoms with E-state index >= 15 is 0 Å². The van der Waals surface area contributed by atoms with Crippen molar-refractivity contribution in [3.05, 3.63) is 77.5 Å². The zero-order chi connectivity index (χ0) is 16.2. The van der Waals surface area contributed by atoms with Crippen molar-refractivity contribution in [2.45, 2.75) is 32.6 Å². The van der Waals surface area contributed by atoms with Crippen molar-refractivity contribution in [3.8, 4) is 0 Å². The molecule has 23 heavy (non-hydrogen) atoms. The van der Waals surface area contributed by atoms with Gasteiger partial charge in [0.2, 0.25) is 0 Å². The molecule has 3 rings (SSSR count). The van der Waals surface area contributed by atoms with Crippen LogP contribution in [0.5, 0.6) is 0 Å². The standard InChI is InChI=1S/C21H21NO/c1-15-5-3-6-18(11-15)16(2)12-20(23)14-17-8-9-21-19(13-17)7-4-10-22-21/h3-11,13,16H,12,14H2,1-2H3. The number of aromatic nitrogens is 1. The van der Waals surface area contributed by atoms with Crippen LogP contribution in [-0.2, 0) is 11.2 Å². The second-order valence-electron chi connectivity index (χ2n) is 6.27. The first-order valence-electron chi connectivity index (χ1n) is 8.04. The van der Waals surface area contributed by atoms with Crippen LogP contribution in [0, 0.1) is 6.92 Å². The van der Waals surface area contributed by atoms with Gasteiger partial charge in [-0.3, -0.25) is 9.78 Å². The first-order chi connectivity index (χ1) is 11.1. The van der Waals surface area contributed by atoms with Crippen molar-refractivity contribution in [2.24, 2.45) is 0 Å². The maximum atomic E-state index is 12.4. The van der Waals surface area contributed by atoms with E-state index < -0.39 is 0 Å². The summed E-state index contributed by atoms with van der Waals surface area (Å²) in [7, 11) is 0. The minimum Gasteiger partial charge on any atom is -0.299 e. The van der Waals surface area contributed by atoms with Gasteiger partial charge in [0, 0.05) is 24.4 Å². The molecule has 0 aliphatic heterocycles. The van der Waals surface area contributed by atoms with Gasteiger partial charge in [-0.05, 0) is 42.2 Å². The maximum Gasteiger partial charge on any atom is 0.137 e. The third-order valence-corrected chi connectivity index (χ3v) is 4.21. The molecule has 2 heteroatoms. The van der Waals surface area contributed by atoms with Gasteiger partial charge < -0.3 is 0 Å². The van der Waals surface area contributed by atoms with Gasteiger partial charge in [-0.2, -0.15) is 0 Å². The smallest absolute Gasteiger partial charge is 0.137 e. The lowest BCUT2D eigenvalue weighted by Gasteiger charge is -2.12. The molecule has 2 nitrogen and oxygen atoms in total. The van der Waals surface area contributed by atoms with Gasteiger partial charge in [-0.15, -0.1) is 0 Å². The van der Waals surface area contributed by atoms with Crippen LogP contribution < -0.4 is 0 Å². The average molecular weight is 303 g/mol. The Hall–Kier alpha value is -2.48. The first kappa shape index (κ1) is 15.4. The number of hydrogen-bond donors (Lipinski definition) is 0. The number of aryl methyl sites for hydroxylation is 1. The molecule has 0 aliphatic carbocycles. The SMILES string of the molecule is Cc1cccc(C(C)CC(=O)Cc2ccc3ncccc3c2)c1. The Balaban J connectivity index is 1.68. The molecule has 1 aromatic heterocycles. The normalized spacial score (nSPS) is 12.3. The Labute approximate surface area is 137 Å². The van der Waals surface area contributed by atoms with Crippen LogP contribution in [-0.4, -0.2) is 10.8 Å². The molecule has 0 aliphatic rings. The van der Waals surface area contributed by atoms with Crippen molar-refractivity contribution in [1.82, 2.24) is 4.98 Å². The fourth-order valence-electron chi connectivity index (χ4n) is 2.97. The number of Topliss-reactive ketones (excluding diaryl/α,β-unsaturated/α-hetero) is 1. The van der Waals surface area contributed by atoms with Gasteiger partial charge in [0.1, 0.15) is 5.78 Å². The van der Waals surface area contributed by atoms with Gasteiger partial charge in [0.05, 0.1) is 5.52 Å². The Bertz CT molecular complexity index is 838. The number of nitrogens with zero attached hydrogens (tertiary/aromatic N) is 1. The summed E-state index contributed by atoms with van der Waals surface area (Å²) in [6.07, 6.45) is 2.85. The molecule has 0 fully saturated rings. The molecule has 0 saturated carbocycles. The van der Waals surface area contributed by atoms with Crippen molar-refractivity contribution >= 4 is 16.7 Å². The predicted octanol–water partition coefficient (Wildman–Crippen LogP) is 4.85. The van der Waals surface area contributed by atoms with Crippen LogP contribution >= 0.6 is 0 Å². The highest BCUT2D eigenvalue weighted by Crippen LogP contribution is 2.21. The molecule has 0 spiro atoms. The number of carbonyl (C=O) groups is 1. The molecule has 0 saturated heterocycles. The molecule has 2 aromatic carbocycles. The van der Waals surface area contributed by atoms with Gasteiger partial charge in [0.15, 0.2) is 0 Å². The number of pyridine rings is 1. The molecular formula is C21H21NO. The summed E-state index contributed by atoms with van der Waals surface area (Å²) in [5.74, 6) is 0.534. The van der Waals surface area contributed by atoms with Crippen LogP contribution in [0.3, 0.4) is 0 Å². The lowest BCUT2D eigenvalue weighted by molar-refractivity contribution is -0.118. The van der Waals surface area contributed by atoms with Crippen LogP contribution in [0.2, 0.25) is 0 Å². The first-order valence-corrected chi connectivity index (χ1v) is 8.04. The van der Waals surface area contributed by atoms with Crippen LogP contribution in [0.25, 0.3) is 10.9 Å². The molecule has 0 radical (unpaired) electrons. The molecule has 1 heterocycles. The van der Waals surface area contributed by atoms with E-state index in [2.05, 4.69) is 49.2 Å². The van der Waals surface area contributed by atoms with Gasteiger partial charge >= 0.3 is 0 Å².